The molecule has 0 aromatic rings. The standard InChI is InChI=1S/C31H33N3O2/c1-34-30(24-18-16-21-14-13-19-7-6-8-20-15-17-23(24)28(21)27(19)20)32-29(25-11-4-5-12-26(25)35)33-31(34)36-22-9-2-3-10-22/h5-7,12-15,17-18,20-22,31,33H,2-4,8-11,16H2,1H3. The lowest BCUT2D eigenvalue weighted by molar-refractivity contribution is -0.111. The van der Waals surface area contributed by atoms with Gasteiger partial charge in [-0.05, 0) is 66.9 Å². The van der Waals surface area contributed by atoms with Gasteiger partial charge in [-0.15, -0.1) is 0 Å². The van der Waals surface area contributed by atoms with Gasteiger partial charge in [0.05, 0.1) is 6.10 Å². The highest BCUT2D eigenvalue weighted by Crippen LogP contribution is 2.49. The molecule has 5 heteroatoms. The van der Waals surface area contributed by atoms with E-state index in [-0.39, 0.29) is 18.2 Å². The Hall–Kier alpha value is -3.18. The van der Waals surface area contributed by atoms with E-state index in [0.717, 1.165) is 49.1 Å². The first-order valence-electron chi connectivity index (χ1n) is 13.6. The average Bonchev–Trinajstić information content (AvgIpc) is 3.42. The van der Waals surface area contributed by atoms with Crippen LogP contribution < -0.4 is 5.32 Å². The highest BCUT2D eigenvalue weighted by molar-refractivity contribution is 6.08. The summed E-state index contributed by atoms with van der Waals surface area (Å²) < 4.78 is 6.59. The highest BCUT2D eigenvalue weighted by atomic mass is 16.5. The number of carbonyl (C=O) groups is 1. The van der Waals surface area contributed by atoms with Gasteiger partial charge in [-0.25, -0.2) is 4.99 Å². The molecule has 0 bridgehead atoms. The Morgan fingerprint density at radius 3 is 2.69 bits per heavy atom. The van der Waals surface area contributed by atoms with E-state index in [1.807, 2.05) is 6.08 Å². The molecule has 7 aliphatic rings. The van der Waals surface area contributed by atoms with Crippen LogP contribution in [0.5, 0.6) is 0 Å². The van der Waals surface area contributed by atoms with E-state index in [2.05, 4.69) is 59.8 Å². The number of nitrogens with zero attached hydrogens (tertiary/aromatic N) is 2. The molecule has 0 aromatic carbocycles. The molecule has 0 aromatic heterocycles. The molecular formula is C31H33N3O2. The van der Waals surface area contributed by atoms with Crippen molar-refractivity contribution in [2.24, 2.45) is 16.8 Å². The van der Waals surface area contributed by atoms with Crippen LogP contribution >= 0.6 is 0 Å². The molecule has 5 nitrogen and oxygen atoms in total. The summed E-state index contributed by atoms with van der Waals surface area (Å²) in [6.45, 7) is 0. The molecular weight excluding hydrogens is 446 g/mol. The molecule has 36 heavy (non-hydrogen) atoms. The second-order valence-corrected chi connectivity index (χ2v) is 10.8. The summed E-state index contributed by atoms with van der Waals surface area (Å²) in [4.78, 5) is 20.1. The number of carbonyl (C=O) groups excluding carboxylic acids is 1. The van der Waals surface area contributed by atoms with Crippen LogP contribution in [0.3, 0.4) is 0 Å². The molecule has 1 fully saturated rings. The van der Waals surface area contributed by atoms with Crippen molar-refractivity contribution in [2.45, 2.75) is 63.8 Å². The lowest BCUT2D eigenvalue weighted by Crippen LogP contribution is -2.53. The van der Waals surface area contributed by atoms with E-state index >= 15 is 0 Å². The molecule has 1 N–H and O–H groups in total. The topological polar surface area (TPSA) is 53.9 Å². The van der Waals surface area contributed by atoms with Gasteiger partial charge in [0.2, 0.25) is 6.35 Å². The third kappa shape index (κ3) is 3.55. The fraction of sp³-hybridized carbons (Fsp3) is 0.419. The summed E-state index contributed by atoms with van der Waals surface area (Å²) in [7, 11) is 2.07. The second-order valence-electron chi connectivity index (χ2n) is 10.8. The number of aliphatic imine (C=N–C) groups is 1. The van der Waals surface area contributed by atoms with Crippen LogP contribution in [0.25, 0.3) is 0 Å². The van der Waals surface area contributed by atoms with Crippen LogP contribution in [0, 0.1) is 11.8 Å². The van der Waals surface area contributed by atoms with Crippen molar-refractivity contribution in [1.82, 2.24) is 10.2 Å². The SMILES string of the molecule is CN1C(C2=CCC3C=CC4=C5C3=C2C=CC5CC=C4)=NC(=C2CCC=CC2=O)NC1OC1CCCC1. The Kier molecular flexibility index (Phi) is 5.35. The predicted octanol–water partition coefficient (Wildman–Crippen LogP) is 5.55. The Morgan fingerprint density at radius 1 is 1.00 bits per heavy atom. The summed E-state index contributed by atoms with van der Waals surface area (Å²) in [5, 5.41) is 3.49. The van der Waals surface area contributed by atoms with Crippen LogP contribution in [0.2, 0.25) is 0 Å². The summed E-state index contributed by atoms with van der Waals surface area (Å²) in [5.41, 5.74) is 7.52. The summed E-state index contributed by atoms with van der Waals surface area (Å²) in [6, 6.07) is 0. The van der Waals surface area contributed by atoms with Crippen molar-refractivity contribution in [1.29, 1.82) is 0 Å². The molecule has 6 aliphatic carbocycles. The number of ketones is 1. The van der Waals surface area contributed by atoms with E-state index in [4.69, 9.17) is 9.73 Å². The third-order valence-corrected chi connectivity index (χ3v) is 8.63. The van der Waals surface area contributed by atoms with Gasteiger partial charge in [0.25, 0.3) is 0 Å². The maximum absolute atomic E-state index is 12.8. The highest BCUT2D eigenvalue weighted by Gasteiger charge is 2.38. The lowest BCUT2D eigenvalue weighted by Gasteiger charge is -2.42. The number of amidine groups is 1. The van der Waals surface area contributed by atoms with E-state index in [0.29, 0.717) is 24.1 Å². The third-order valence-electron chi connectivity index (χ3n) is 8.63. The van der Waals surface area contributed by atoms with Gasteiger partial charge in [0.1, 0.15) is 11.7 Å². The second kappa shape index (κ2) is 8.74. The fourth-order valence-electron chi connectivity index (χ4n) is 6.75. The van der Waals surface area contributed by atoms with Crippen molar-refractivity contribution < 1.29 is 9.53 Å². The number of ether oxygens (including phenoxy) is 1. The molecule has 3 atom stereocenters. The first kappa shape index (κ1) is 22.1. The van der Waals surface area contributed by atoms with Gasteiger partial charge >= 0.3 is 0 Å². The number of allylic oxidation sites excluding steroid dienone is 13. The normalized spacial score (nSPS) is 33.2. The fourth-order valence-corrected chi connectivity index (χ4v) is 6.75. The summed E-state index contributed by atoms with van der Waals surface area (Å²) >= 11 is 0. The quantitative estimate of drug-likeness (QED) is 0.540. The molecule has 7 rings (SSSR count). The molecule has 1 heterocycles. The minimum Gasteiger partial charge on any atom is -0.337 e. The molecule has 3 unspecified atom stereocenters. The van der Waals surface area contributed by atoms with Crippen LogP contribution in [0.15, 0.2) is 98.9 Å². The van der Waals surface area contributed by atoms with E-state index in [9.17, 15) is 4.79 Å². The van der Waals surface area contributed by atoms with Gasteiger partial charge in [-0.3, -0.25) is 4.79 Å². The van der Waals surface area contributed by atoms with Crippen molar-refractivity contribution in [2.75, 3.05) is 7.05 Å². The maximum Gasteiger partial charge on any atom is 0.210 e. The van der Waals surface area contributed by atoms with Crippen LogP contribution in [-0.4, -0.2) is 36.0 Å². The average molecular weight is 480 g/mol. The largest absolute Gasteiger partial charge is 0.337 e. The molecule has 0 radical (unpaired) electrons. The first-order chi connectivity index (χ1) is 17.7. The zero-order valence-electron chi connectivity index (χ0n) is 20.9. The van der Waals surface area contributed by atoms with Crippen LogP contribution in [0.1, 0.15) is 51.4 Å². The zero-order valence-corrected chi connectivity index (χ0v) is 20.9. The lowest BCUT2D eigenvalue weighted by atomic mass is 9.66. The van der Waals surface area contributed by atoms with Crippen molar-refractivity contribution in [3.05, 3.63) is 93.9 Å². The van der Waals surface area contributed by atoms with Crippen molar-refractivity contribution >= 4 is 11.6 Å². The molecule has 1 saturated carbocycles. The van der Waals surface area contributed by atoms with Gasteiger partial charge in [-0.1, -0.05) is 61.4 Å². The van der Waals surface area contributed by atoms with Gasteiger partial charge in [0.15, 0.2) is 5.78 Å². The molecule has 0 amide bonds. The van der Waals surface area contributed by atoms with Gasteiger partial charge in [0, 0.05) is 30.0 Å². The molecule has 1 aliphatic heterocycles. The number of nitrogens with one attached hydrogen (secondary N) is 1. The molecule has 184 valence electrons. The summed E-state index contributed by atoms with van der Waals surface area (Å²) in [6.07, 6.45) is 28.1. The number of rotatable bonds is 3. The van der Waals surface area contributed by atoms with Crippen molar-refractivity contribution in [3.63, 3.8) is 0 Å². The summed E-state index contributed by atoms with van der Waals surface area (Å²) in [5.74, 6) is 2.51. The first-order valence-corrected chi connectivity index (χ1v) is 13.6. The van der Waals surface area contributed by atoms with E-state index < -0.39 is 0 Å². The van der Waals surface area contributed by atoms with E-state index in [1.165, 1.54) is 35.1 Å². The molecule has 0 spiro atoms. The van der Waals surface area contributed by atoms with Crippen LogP contribution in [0.4, 0.5) is 0 Å². The monoisotopic (exact) mass is 479 g/mol. The minimum absolute atomic E-state index is 0.0531. The van der Waals surface area contributed by atoms with E-state index in [1.54, 1.807) is 6.08 Å². The number of likely N-dealkylation sites (N-methyl/N-ethyl adjacent to an activating group) is 1. The number of hydrogen-bond donors (Lipinski definition) is 1. The predicted molar refractivity (Wildman–Crippen MR) is 142 cm³/mol. The maximum atomic E-state index is 12.8. The van der Waals surface area contributed by atoms with Gasteiger partial charge < -0.3 is 15.0 Å². The number of hydrogen-bond acceptors (Lipinski definition) is 5. The minimum atomic E-state index is -0.343. The Morgan fingerprint density at radius 2 is 1.83 bits per heavy atom. The van der Waals surface area contributed by atoms with Crippen LogP contribution in [-0.2, 0) is 9.53 Å². The van der Waals surface area contributed by atoms with Gasteiger partial charge in [-0.2, -0.15) is 0 Å². The smallest absolute Gasteiger partial charge is 0.210 e. The Labute approximate surface area is 213 Å². The Balaban J connectivity index is 1.33. The van der Waals surface area contributed by atoms with Crippen molar-refractivity contribution in [3.8, 4) is 0 Å². The molecule has 0 saturated heterocycles. The Bertz CT molecular complexity index is 1290. The zero-order chi connectivity index (χ0) is 24.2.